The Hall–Kier alpha value is -1.18. The molecule has 2 rings (SSSR count). The Balaban J connectivity index is 2.33. The summed E-state index contributed by atoms with van der Waals surface area (Å²) in [7, 11) is 0. The molecule has 64 valence electrons. The summed E-state index contributed by atoms with van der Waals surface area (Å²) in [4.78, 5) is 0. The maximum absolute atomic E-state index is 5.77. The van der Waals surface area contributed by atoms with Crippen molar-refractivity contribution in [3.63, 3.8) is 0 Å². The molecule has 2 aliphatic rings. The third kappa shape index (κ3) is 1.13. The van der Waals surface area contributed by atoms with Crippen molar-refractivity contribution in [2.24, 2.45) is 17.4 Å². The van der Waals surface area contributed by atoms with Crippen LogP contribution in [0.25, 0.3) is 0 Å². The van der Waals surface area contributed by atoms with Crippen LogP contribution in [-0.2, 0) is 0 Å². The summed E-state index contributed by atoms with van der Waals surface area (Å²) in [5.41, 5.74) is 14.5. The van der Waals surface area contributed by atoms with Crippen LogP contribution >= 0.6 is 0 Å². The minimum atomic E-state index is 0.627. The first-order valence-electron chi connectivity index (χ1n) is 4.39. The Morgan fingerprint density at radius 1 is 1.33 bits per heavy atom. The first kappa shape index (κ1) is 7.47. The van der Waals surface area contributed by atoms with Gasteiger partial charge in [-0.25, -0.2) is 0 Å². The average Bonchev–Trinajstić information content (AvgIpc) is 2.07. The predicted molar refractivity (Wildman–Crippen MR) is 50.0 cm³/mol. The van der Waals surface area contributed by atoms with Crippen molar-refractivity contribution >= 4 is 0 Å². The zero-order chi connectivity index (χ0) is 8.55. The quantitative estimate of drug-likeness (QED) is 0.566. The van der Waals surface area contributed by atoms with E-state index in [0.717, 1.165) is 17.8 Å². The van der Waals surface area contributed by atoms with Gasteiger partial charge < -0.3 is 11.5 Å². The average molecular weight is 162 g/mol. The van der Waals surface area contributed by atoms with Crippen molar-refractivity contribution in [2.75, 3.05) is 0 Å². The SMILES string of the molecule is NC1=C(N)C[C@@H]2CCC=CC2=C1. The van der Waals surface area contributed by atoms with Crippen LogP contribution in [0.1, 0.15) is 19.3 Å². The summed E-state index contributed by atoms with van der Waals surface area (Å²) in [6.07, 6.45) is 9.73. The number of rotatable bonds is 0. The molecule has 0 aromatic heterocycles. The topological polar surface area (TPSA) is 52.0 Å². The van der Waals surface area contributed by atoms with Crippen LogP contribution in [0.3, 0.4) is 0 Å². The van der Waals surface area contributed by atoms with Crippen molar-refractivity contribution in [3.8, 4) is 0 Å². The van der Waals surface area contributed by atoms with E-state index in [2.05, 4.69) is 12.2 Å². The van der Waals surface area contributed by atoms with Crippen molar-refractivity contribution in [1.29, 1.82) is 0 Å². The molecule has 2 heteroatoms. The molecule has 0 heterocycles. The van der Waals surface area contributed by atoms with Crippen molar-refractivity contribution in [3.05, 3.63) is 35.2 Å². The Labute approximate surface area is 72.6 Å². The lowest BCUT2D eigenvalue weighted by molar-refractivity contribution is 0.544. The Bertz CT molecular complexity index is 284. The molecule has 0 fully saturated rings. The Kier molecular flexibility index (Phi) is 1.68. The lowest BCUT2D eigenvalue weighted by atomic mass is 9.82. The zero-order valence-corrected chi connectivity index (χ0v) is 7.09. The van der Waals surface area contributed by atoms with Gasteiger partial charge in [0.15, 0.2) is 0 Å². The highest BCUT2D eigenvalue weighted by molar-refractivity contribution is 5.38. The molecule has 1 atom stereocenters. The van der Waals surface area contributed by atoms with E-state index in [1.165, 1.54) is 18.4 Å². The van der Waals surface area contributed by atoms with Crippen molar-refractivity contribution < 1.29 is 0 Å². The highest BCUT2D eigenvalue weighted by atomic mass is 14.7. The number of allylic oxidation sites excluding steroid dienone is 5. The molecular formula is C10H14N2. The summed E-state index contributed by atoms with van der Waals surface area (Å²) < 4.78 is 0. The van der Waals surface area contributed by atoms with Crippen LogP contribution < -0.4 is 11.5 Å². The summed E-state index contributed by atoms with van der Waals surface area (Å²) >= 11 is 0. The van der Waals surface area contributed by atoms with Crippen molar-refractivity contribution in [1.82, 2.24) is 0 Å². The first-order valence-corrected chi connectivity index (χ1v) is 4.39. The van der Waals surface area contributed by atoms with E-state index in [9.17, 15) is 0 Å². The summed E-state index contributed by atoms with van der Waals surface area (Å²) in [5.74, 6) is 0.627. The number of fused-ring (bicyclic) bond motifs is 1. The molecule has 2 nitrogen and oxygen atoms in total. The molecule has 12 heavy (non-hydrogen) atoms. The highest BCUT2D eigenvalue weighted by Crippen LogP contribution is 2.32. The smallest absolute Gasteiger partial charge is 0.0507 e. The Morgan fingerprint density at radius 2 is 2.17 bits per heavy atom. The second kappa shape index (κ2) is 2.70. The molecule has 0 radical (unpaired) electrons. The summed E-state index contributed by atoms with van der Waals surface area (Å²) in [6, 6.07) is 0. The maximum Gasteiger partial charge on any atom is 0.0507 e. The van der Waals surface area contributed by atoms with Crippen LogP contribution in [0.15, 0.2) is 35.2 Å². The second-order valence-electron chi connectivity index (χ2n) is 3.51. The molecule has 0 aromatic rings. The number of hydrogen-bond acceptors (Lipinski definition) is 2. The standard InChI is InChI=1S/C10H14N2/c11-9-5-7-3-1-2-4-8(7)6-10(9)12/h1,3,5,8H,2,4,6,11-12H2/t8-/m0/s1. The van der Waals surface area contributed by atoms with E-state index >= 15 is 0 Å². The molecule has 0 saturated heterocycles. The molecule has 0 aliphatic heterocycles. The van der Waals surface area contributed by atoms with Gasteiger partial charge in [0.05, 0.1) is 5.70 Å². The van der Waals surface area contributed by atoms with E-state index in [1.54, 1.807) is 0 Å². The summed E-state index contributed by atoms with van der Waals surface area (Å²) in [5, 5.41) is 0. The van der Waals surface area contributed by atoms with E-state index in [4.69, 9.17) is 11.5 Å². The van der Waals surface area contributed by atoms with E-state index in [-0.39, 0.29) is 0 Å². The first-order chi connectivity index (χ1) is 5.77. The van der Waals surface area contributed by atoms with E-state index in [0.29, 0.717) is 5.92 Å². The minimum absolute atomic E-state index is 0.627. The molecule has 0 bridgehead atoms. The second-order valence-corrected chi connectivity index (χ2v) is 3.51. The van der Waals surface area contributed by atoms with Gasteiger partial charge in [-0.15, -0.1) is 0 Å². The van der Waals surface area contributed by atoms with Gasteiger partial charge in [0, 0.05) is 5.70 Å². The minimum Gasteiger partial charge on any atom is -0.400 e. The fourth-order valence-electron chi connectivity index (χ4n) is 1.86. The molecular weight excluding hydrogens is 148 g/mol. The maximum atomic E-state index is 5.77. The van der Waals surface area contributed by atoms with Gasteiger partial charge in [0.1, 0.15) is 0 Å². The molecule has 0 aromatic carbocycles. The molecule has 0 unspecified atom stereocenters. The van der Waals surface area contributed by atoms with Gasteiger partial charge in [-0.05, 0) is 36.8 Å². The van der Waals surface area contributed by atoms with Gasteiger partial charge in [-0.1, -0.05) is 12.2 Å². The van der Waals surface area contributed by atoms with Gasteiger partial charge >= 0.3 is 0 Å². The number of nitrogens with two attached hydrogens (primary N) is 2. The third-order valence-corrected chi connectivity index (χ3v) is 2.62. The predicted octanol–water partition coefficient (Wildman–Crippen LogP) is 1.41. The van der Waals surface area contributed by atoms with Crippen LogP contribution in [0.5, 0.6) is 0 Å². The van der Waals surface area contributed by atoms with Gasteiger partial charge in [0.2, 0.25) is 0 Å². The Morgan fingerprint density at radius 3 is 3.00 bits per heavy atom. The molecule has 0 spiro atoms. The van der Waals surface area contributed by atoms with Crippen molar-refractivity contribution in [2.45, 2.75) is 19.3 Å². The van der Waals surface area contributed by atoms with Crippen LogP contribution in [0.4, 0.5) is 0 Å². The van der Waals surface area contributed by atoms with Gasteiger partial charge in [-0.2, -0.15) is 0 Å². The van der Waals surface area contributed by atoms with E-state index in [1.807, 2.05) is 6.08 Å². The summed E-state index contributed by atoms with van der Waals surface area (Å²) in [6.45, 7) is 0. The molecule has 4 N–H and O–H groups in total. The van der Waals surface area contributed by atoms with E-state index < -0.39 is 0 Å². The van der Waals surface area contributed by atoms with Crippen LogP contribution in [-0.4, -0.2) is 0 Å². The van der Waals surface area contributed by atoms with Crippen LogP contribution in [0.2, 0.25) is 0 Å². The number of hydrogen-bond donors (Lipinski definition) is 2. The zero-order valence-electron chi connectivity index (χ0n) is 7.09. The highest BCUT2D eigenvalue weighted by Gasteiger charge is 2.20. The molecule has 0 amide bonds. The van der Waals surface area contributed by atoms with Gasteiger partial charge in [0.25, 0.3) is 0 Å². The fraction of sp³-hybridized carbons (Fsp3) is 0.400. The van der Waals surface area contributed by atoms with Crippen LogP contribution in [0, 0.1) is 5.92 Å². The van der Waals surface area contributed by atoms with Gasteiger partial charge in [-0.3, -0.25) is 0 Å². The molecule has 2 aliphatic carbocycles. The largest absolute Gasteiger partial charge is 0.400 e. The lowest BCUT2D eigenvalue weighted by Crippen LogP contribution is -2.20. The molecule has 0 saturated carbocycles. The normalized spacial score (nSPS) is 28.3. The lowest BCUT2D eigenvalue weighted by Gasteiger charge is -2.25. The fourth-order valence-corrected chi connectivity index (χ4v) is 1.86. The third-order valence-electron chi connectivity index (χ3n) is 2.62. The monoisotopic (exact) mass is 162 g/mol.